The van der Waals surface area contributed by atoms with Crippen molar-refractivity contribution in [2.24, 2.45) is 5.73 Å². The Balaban J connectivity index is 0.000000845. The predicted octanol–water partition coefficient (Wildman–Crippen LogP) is 1.19. The Kier molecular flexibility index (Phi) is 3.14. The van der Waals surface area contributed by atoms with Crippen LogP contribution in [0.25, 0.3) is 0 Å². The zero-order valence-electron chi connectivity index (χ0n) is 7.18. The molecule has 0 aromatic heterocycles. The lowest BCUT2D eigenvalue weighted by molar-refractivity contribution is 0.238. The number of para-hydroxylation sites is 1. The van der Waals surface area contributed by atoms with E-state index in [2.05, 4.69) is 0 Å². The van der Waals surface area contributed by atoms with Crippen LogP contribution in [0.15, 0.2) is 24.3 Å². The van der Waals surface area contributed by atoms with E-state index in [0.29, 0.717) is 6.54 Å². The van der Waals surface area contributed by atoms with E-state index in [-0.39, 0.29) is 18.4 Å². The van der Waals surface area contributed by atoms with Gasteiger partial charge < -0.3 is 5.73 Å². The molecule has 0 fully saturated rings. The maximum absolute atomic E-state index is 9.49. The number of fused-ring (bicyclic) bond motifs is 1. The number of anilines is 1. The third-order valence-corrected chi connectivity index (χ3v) is 2.16. The smallest absolute Gasteiger partial charge is 0.0667 e. The number of rotatable bonds is 0. The minimum atomic E-state index is 0. The molecule has 1 heterocycles. The molecule has 72 valence electrons. The SMILES string of the molecule is Cl.N[C@H]1Cc2ccccc2N(O)C1. The molecule has 2 rings (SSSR count). The molecule has 4 heteroatoms. The Morgan fingerprint density at radius 1 is 1.38 bits per heavy atom. The first-order valence-corrected chi connectivity index (χ1v) is 4.07. The van der Waals surface area contributed by atoms with Crippen LogP contribution < -0.4 is 10.8 Å². The molecule has 1 aromatic rings. The van der Waals surface area contributed by atoms with Crippen molar-refractivity contribution in [1.29, 1.82) is 0 Å². The minimum Gasteiger partial charge on any atom is -0.326 e. The molecule has 3 N–H and O–H groups in total. The molecule has 0 saturated carbocycles. The summed E-state index contributed by atoms with van der Waals surface area (Å²) in [6, 6.07) is 7.83. The first kappa shape index (κ1) is 10.3. The topological polar surface area (TPSA) is 49.5 Å². The summed E-state index contributed by atoms with van der Waals surface area (Å²) in [7, 11) is 0. The van der Waals surface area contributed by atoms with E-state index < -0.39 is 0 Å². The van der Waals surface area contributed by atoms with E-state index in [1.807, 2.05) is 24.3 Å². The van der Waals surface area contributed by atoms with E-state index in [9.17, 15) is 5.21 Å². The molecule has 0 amide bonds. The zero-order chi connectivity index (χ0) is 8.55. The van der Waals surface area contributed by atoms with Crippen LogP contribution in [0.2, 0.25) is 0 Å². The largest absolute Gasteiger partial charge is 0.326 e. The van der Waals surface area contributed by atoms with Gasteiger partial charge in [0.25, 0.3) is 0 Å². The Morgan fingerprint density at radius 3 is 2.85 bits per heavy atom. The van der Waals surface area contributed by atoms with Crippen LogP contribution in [0.5, 0.6) is 0 Å². The molecule has 0 unspecified atom stereocenters. The average Bonchev–Trinajstić information content (AvgIpc) is 2.04. The second-order valence-electron chi connectivity index (χ2n) is 3.18. The Labute approximate surface area is 83.5 Å². The molecule has 1 aromatic carbocycles. The summed E-state index contributed by atoms with van der Waals surface area (Å²) in [5.74, 6) is 0. The van der Waals surface area contributed by atoms with E-state index in [1.54, 1.807) is 0 Å². The third kappa shape index (κ3) is 1.94. The van der Waals surface area contributed by atoms with Crippen LogP contribution in [0.4, 0.5) is 5.69 Å². The van der Waals surface area contributed by atoms with Crippen LogP contribution in [-0.2, 0) is 6.42 Å². The minimum absolute atomic E-state index is 0. The summed E-state index contributed by atoms with van der Waals surface area (Å²) in [6.45, 7) is 0.525. The van der Waals surface area contributed by atoms with E-state index in [0.717, 1.165) is 17.7 Å². The van der Waals surface area contributed by atoms with Crippen LogP contribution in [0, 0.1) is 0 Å². The molecule has 0 radical (unpaired) electrons. The molecule has 1 aliphatic rings. The highest BCUT2D eigenvalue weighted by molar-refractivity contribution is 5.85. The summed E-state index contributed by atoms with van der Waals surface area (Å²) >= 11 is 0. The summed E-state index contributed by atoms with van der Waals surface area (Å²) in [4.78, 5) is 0. The van der Waals surface area contributed by atoms with Crippen LogP contribution in [-0.4, -0.2) is 17.8 Å². The van der Waals surface area contributed by atoms with Gasteiger partial charge in [-0.2, -0.15) is 0 Å². The predicted molar refractivity (Wildman–Crippen MR) is 54.5 cm³/mol. The Morgan fingerprint density at radius 2 is 2.08 bits per heavy atom. The second-order valence-corrected chi connectivity index (χ2v) is 3.18. The van der Waals surface area contributed by atoms with Gasteiger partial charge in [0.15, 0.2) is 0 Å². The van der Waals surface area contributed by atoms with Gasteiger partial charge in [0, 0.05) is 6.04 Å². The molecular formula is C9H13ClN2O. The van der Waals surface area contributed by atoms with Crippen molar-refractivity contribution in [2.45, 2.75) is 12.5 Å². The Bertz CT molecular complexity index is 293. The molecule has 0 aliphatic carbocycles. The van der Waals surface area contributed by atoms with Crippen LogP contribution >= 0.6 is 12.4 Å². The highest BCUT2D eigenvalue weighted by Gasteiger charge is 2.19. The normalized spacial score (nSPS) is 20.5. The third-order valence-electron chi connectivity index (χ3n) is 2.16. The molecule has 3 nitrogen and oxygen atoms in total. The summed E-state index contributed by atoms with van der Waals surface area (Å²) < 4.78 is 0. The molecular weight excluding hydrogens is 188 g/mol. The number of hydrogen-bond acceptors (Lipinski definition) is 3. The van der Waals surface area contributed by atoms with E-state index in [1.165, 1.54) is 5.06 Å². The van der Waals surface area contributed by atoms with Gasteiger partial charge in [-0.1, -0.05) is 18.2 Å². The van der Waals surface area contributed by atoms with Crippen molar-refractivity contribution < 1.29 is 5.21 Å². The first-order valence-electron chi connectivity index (χ1n) is 4.07. The van der Waals surface area contributed by atoms with Gasteiger partial charge in [-0.3, -0.25) is 10.3 Å². The number of benzene rings is 1. The molecule has 0 saturated heterocycles. The molecule has 0 bridgehead atoms. The quantitative estimate of drug-likeness (QED) is 0.662. The van der Waals surface area contributed by atoms with Crippen LogP contribution in [0.3, 0.4) is 0 Å². The van der Waals surface area contributed by atoms with Crippen LogP contribution in [0.1, 0.15) is 5.56 Å². The molecule has 1 atom stereocenters. The summed E-state index contributed by atoms with van der Waals surface area (Å²) in [5, 5.41) is 10.7. The van der Waals surface area contributed by atoms with Crippen molar-refractivity contribution >= 4 is 18.1 Å². The van der Waals surface area contributed by atoms with Gasteiger partial charge in [0.05, 0.1) is 12.2 Å². The van der Waals surface area contributed by atoms with E-state index in [4.69, 9.17) is 5.73 Å². The van der Waals surface area contributed by atoms with Gasteiger partial charge in [-0.25, -0.2) is 0 Å². The lowest BCUT2D eigenvalue weighted by atomic mass is 10.0. The number of nitrogens with zero attached hydrogens (tertiary/aromatic N) is 1. The van der Waals surface area contributed by atoms with Gasteiger partial charge in [-0.05, 0) is 18.1 Å². The van der Waals surface area contributed by atoms with Crippen molar-refractivity contribution in [3.8, 4) is 0 Å². The maximum Gasteiger partial charge on any atom is 0.0667 e. The monoisotopic (exact) mass is 200 g/mol. The number of hydrogen-bond donors (Lipinski definition) is 2. The molecule has 0 spiro atoms. The van der Waals surface area contributed by atoms with E-state index >= 15 is 0 Å². The van der Waals surface area contributed by atoms with Gasteiger partial charge in [0.1, 0.15) is 0 Å². The number of nitrogens with two attached hydrogens (primary N) is 1. The number of hydroxylamine groups is 1. The zero-order valence-corrected chi connectivity index (χ0v) is 8.00. The van der Waals surface area contributed by atoms with Gasteiger partial charge >= 0.3 is 0 Å². The fourth-order valence-corrected chi connectivity index (χ4v) is 1.60. The van der Waals surface area contributed by atoms with Crippen molar-refractivity contribution in [3.05, 3.63) is 29.8 Å². The number of halogens is 1. The molecule has 13 heavy (non-hydrogen) atoms. The van der Waals surface area contributed by atoms with Gasteiger partial charge in [0.2, 0.25) is 0 Å². The maximum atomic E-state index is 9.49. The standard InChI is InChI=1S/C9H12N2O.ClH/c10-8-5-7-3-1-2-4-9(7)11(12)6-8;/h1-4,8,12H,5-6,10H2;1H/t8-;/m0./s1. The van der Waals surface area contributed by atoms with Crippen molar-refractivity contribution in [2.75, 3.05) is 11.6 Å². The fourth-order valence-electron chi connectivity index (χ4n) is 1.60. The highest BCUT2D eigenvalue weighted by atomic mass is 35.5. The van der Waals surface area contributed by atoms with Gasteiger partial charge in [-0.15, -0.1) is 12.4 Å². The second kappa shape index (κ2) is 3.96. The summed E-state index contributed by atoms with van der Waals surface area (Å²) in [6.07, 6.45) is 0.854. The molecule has 1 aliphatic heterocycles. The average molecular weight is 201 g/mol. The highest BCUT2D eigenvalue weighted by Crippen LogP contribution is 2.24. The van der Waals surface area contributed by atoms with Crippen molar-refractivity contribution in [3.63, 3.8) is 0 Å². The lowest BCUT2D eigenvalue weighted by Gasteiger charge is -2.29. The Hall–Kier alpha value is -0.770. The first-order chi connectivity index (χ1) is 5.77. The van der Waals surface area contributed by atoms with Crippen molar-refractivity contribution in [1.82, 2.24) is 0 Å². The lowest BCUT2D eigenvalue weighted by Crippen LogP contribution is -2.41. The summed E-state index contributed by atoms with van der Waals surface area (Å²) in [5.41, 5.74) is 7.75. The fraction of sp³-hybridized carbons (Fsp3) is 0.333.